The molecule has 3 rings (SSSR count). The number of hydrogen-bond acceptors (Lipinski definition) is 12. The Morgan fingerprint density at radius 1 is 0.941 bits per heavy atom. The molecule has 0 bridgehead atoms. The van der Waals surface area contributed by atoms with Crippen molar-refractivity contribution in [1.82, 2.24) is 0 Å². The molecule has 13 heteroatoms. The third kappa shape index (κ3) is 5.88. The molecule has 2 fully saturated rings. The van der Waals surface area contributed by atoms with E-state index in [0.29, 0.717) is 5.56 Å². The molecule has 0 radical (unpaired) electrons. The van der Waals surface area contributed by atoms with Gasteiger partial charge in [-0.25, -0.2) is 0 Å². The summed E-state index contributed by atoms with van der Waals surface area (Å²) < 4.78 is 21.5. The Balaban J connectivity index is 1.71. The number of aliphatic hydroxyl groups is 6. The van der Waals surface area contributed by atoms with Gasteiger partial charge in [-0.05, 0) is 5.56 Å². The highest BCUT2D eigenvalue weighted by molar-refractivity contribution is 8.00. The lowest BCUT2D eigenvalue weighted by Crippen LogP contribution is -2.64. The SMILES string of the molecule is CO[C@@H]1O[C@H](CO)[C@@H](O[C@@H]2O[C@H](CSC(C(=O)O)c3ccccc3)[C@H](O)[C@H](O)[C@H]2O)[C@H](O)[C@H]1O. The summed E-state index contributed by atoms with van der Waals surface area (Å²) in [7, 11) is 1.24. The van der Waals surface area contributed by atoms with Crippen LogP contribution >= 0.6 is 11.8 Å². The molecule has 0 saturated carbocycles. The van der Waals surface area contributed by atoms with E-state index in [1.54, 1.807) is 30.3 Å². The fourth-order valence-corrected chi connectivity index (χ4v) is 5.02. The number of hydrogen-bond donors (Lipinski definition) is 7. The second-order valence-corrected chi connectivity index (χ2v) is 9.16. The van der Waals surface area contributed by atoms with Crippen LogP contribution in [0.3, 0.4) is 0 Å². The molecule has 2 aliphatic rings. The fourth-order valence-electron chi connectivity index (χ4n) is 3.87. The molecule has 1 unspecified atom stereocenters. The normalized spacial score (nSPS) is 39.5. The van der Waals surface area contributed by atoms with E-state index in [0.717, 1.165) is 11.8 Å². The van der Waals surface area contributed by atoms with Gasteiger partial charge in [0.1, 0.15) is 48.0 Å². The van der Waals surface area contributed by atoms with Crippen molar-refractivity contribution in [1.29, 1.82) is 0 Å². The third-order valence-electron chi connectivity index (χ3n) is 5.77. The van der Waals surface area contributed by atoms with E-state index in [-0.39, 0.29) is 5.75 Å². The third-order valence-corrected chi connectivity index (χ3v) is 7.09. The summed E-state index contributed by atoms with van der Waals surface area (Å²) in [6, 6.07) is 8.42. The second kappa shape index (κ2) is 12.1. The number of carbonyl (C=O) groups is 1. The average Bonchev–Trinajstić information content (AvgIpc) is 2.83. The Morgan fingerprint density at radius 3 is 2.15 bits per heavy atom. The summed E-state index contributed by atoms with van der Waals surface area (Å²) >= 11 is 0.950. The summed E-state index contributed by atoms with van der Waals surface area (Å²) in [5.74, 6) is -1.19. The van der Waals surface area contributed by atoms with Gasteiger partial charge in [0.2, 0.25) is 0 Å². The molecule has 1 aromatic rings. The zero-order valence-corrected chi connectivity index (χ0v) is 19.0. The van der Waals surface area contributed by atoms with E-state index < -0.39 is 79.2 Å². The molecular formula is C21H30O12S. The highest BCUT2D eigenvalue weighted by Gasteiger charge is 2.50. The maximum absolute atomic E-state index is 11.7. The lowest BCUT2D eigenvalue weighted by molar-refractivity contribution is -0.353. The Morgan fingerprint density at radius 2 is 1.56 bits per heavy atom. The molecule has 2 heterocycles. The molecule has 0 aromatic heterocycles. The number of rotatable bonds is 9. The average molecular weight is 507 g/mol. The summed E-state index contributed by atoms with van der Waals surface area (Å²) in [5.41, 5.74) is 0.522. The lowest BCUT2D eigenvalue weighted by Gasteiger charge is -2.46. The fraction of sp³-hybridized carbons (Fsp3) is 0.667. The van der Waals surface area contributed by atoms with Crippen molar-refractivity contribution in [2.75, 3.05) is 19.5 Å². The Kier molecular flexibility index (Phi) is 9.65. The van der Waals surface area contributed by atoms with Crippen molar-refractivity contribution >= 4 is 17.7 Å². The van der Waals surface area contributed by atoms with Gasteiger partial charge in [-0.15, -0.1) is 11.8 Å². The molecular weight excluding hydrogens is 476 g/mol. The van der Waals surface area contributed by atoms with Gasteiger partial charge in [0.25, 0.3) is 0 Å². The van der Waals surface area contributed by atoms with Gasteiger partial charge in [0, 0.05) is 12.9 Å². The standard InChI is InChI=1S/C21H30O12S/c1-30-20-16(27)14(25)17(10(7-22)31-20)33-21-15(26)13(24)12(23)11(32-21)8-34-18(19(28)29)9-5-3-2-4-6-9/h2-6,10-18,20-27H,7-8H2,1H3,(H,28,29)/t10-,11-,12+,13+,14-,15-,16-,17-,18?,20-,21+/m1/s1. The summed E-state index contributed by atoms with van der Waals surface area (Å²) in [5, 5.41) is 69.9. The van der Waals surface area contributed by atoms with E-state index in [1.807, 2.05) is 0 Å². The van der Waals surface area contributed by atoms with Crippen LogP contribution in [0.4, 0.5) is 0 Å². The summed E-state index contributed by atoms with van der Waals surface area (Å²) in [6.07, 6.45) is -14.7. The minimum Gasteiger partial charge on any atom is -0.480 e. The van der Waals surface area contributed by atoms with Gasteiger partial charge in [-0.3, -0.25) is 4.79 Å². The van der Waals surface area contributed by atoms with Crippen molar-refractivity contribution in [3.63, 3.8) is 0 Å². The summed E-state index contributed by atoms with van der Waals surface area (Å²) in [6.45, 7) is -0.626. The number of benzene rings is 1. The highest BCUT2D eigenvalue weighted by Crippen LogP contribution is 2.34. The molecule has 0 aliphatic carbocycles. The number of aliphatic carboxylic acids is 1. The predicted octanol–water partition coefficient (Wildman–Crippen LogP) is -2.18. The minimum atomic E-state index is -1.75. The Hall–Kier alpha value is -1.36. The van der Waals surface area contributed by atoms with Crippen LogP contribution in [0.1, 0.15) is 10.8 Å². The van der Waals surface area contributed by atoms with Crippen LogP contribution in [0.2, 0.25) is 0 Å². The number of thioether (sulfide) groups is 1. The van der Waals surface area contributed by atoms with Crippen LogP contribution < -0.4 is 0 Å². The predicted molar refractivity (Wildman–Crippen MR) is 116 cm³/mol. The first-order chi connectivity index (χ1) is 16.2. The molecule has 2 saturated heterocycles. The molecule has 34 heavy (non-hydrogen) atoms. The van der Waals surface area contributed by atoms with Crippen LogP contribution in [0.25, 0.3) is 0 Å². The van der Waals surface area contributed by atoms with Gasteiger partial charge in [0.05, 0.1) is 12.7 Å². The first-order valence-corrected chi connectivity index (χ1v) is 11.6. The van der Waals surface area contributed by atoms with Gasteiger partial charge < -0.3 is 54.7 Å². The molecule has 1 aromatic carbocycles. The number of carboxylic acid groups (broad SMARTS) is 1. The van der Waals surface area contributed by atoms with E-state index in [2.05, 4.69) is 0 Å². The molecule has 12 nitrogen and oxygen atoms in total. The van der Waals surface area contributed by atoms with Crippen molar-refractivity contribution in [2.45, 2.75) is 66.7 Å². The van der Waals surface area contributed by atoms with Crippen molar-refractivity contribution in [2.24, 2.45) is 0 Å². The largest absolute Gasteiger partial charge is 0.480 e. The number of ether oxygens (including phenoxy) is 4. The van der Waals surface area contributed by atoms with Gasteiger partial charge in [-0.1, -0.05) is 30.3 Å². The van der Waals surface area contributed by atoms with Gasteiger partial charge >= 0.3 is 5.97 Å². The molecule has 0 spiro atoms. The van der Waals surface area contributed by atoms with Crippen LogP contribution in [0.15, 0.2) is 30.3 Å². The minimum absolute atomic E-state index is 0.0851. The monoisotopic (exact) mass is 506 g/mol. The molecule has 7 N–H and O–H groups in total. The van der Waals surface area contributed by atoms with Crippen LogP contribution in [0.5, 0.6) is 0 Å². The zero-order valence-electron chi connectivity index (χ0n) is 18.2. The maximum atomic E-state index is 11.7. The highest BCUT2D eigenvalue weighted by atomic mass is 32.2. The number of carboxylic acids is 1. The van der Waals surface area contributed by atoms with Crippen LogP contribution in [-0.2, 0) is 23.7 Å². The number of aliphatic hydroxyl groups excluding tert-OH is 6. The lowest BCUT2D eigenvalue weighted by atomic mass is 9.97. The van der Waals surface area contributed by atoms with E-state index in [9.17, 15) is 40.5 Å². The number of methoxy groups -OCH3 is 1. The second-order valence-electron chi connectivity index (χ2n) is 8.02. The van der Waals surface area contributed by atoms with Crippen LogP contribution in [0, 0.1) is 0 Å². The van der Waals surface area contributed by atoms with Gasteiger partial charge in [-0.2, -0.15) is 0 Å². The molecule has 11 atom stereocenters. The zero-order chi connectivity index (χ0) is 25.0. The maximum Gasteiger partial charge on any atom is 0.321 e. The summed E-state index contributed by atoms with van der Waals surface area (Å²) in [4.78, 5) is 11.7. The first kappa shape index (κ1) is 27.2. The Labute approximate surface area is 199 Å². The molecule has 192 valence electrons. The van der Waals surface area contributed by atoms with E-state index in [1.165, 1.54) is 7.11 Å². The van der Waals surface area contributed by atoms with Crippen molar-refractivity contribution < 1.29 is 59.5 Å². The molecule has 2 aliphatic heterocycles. The van der Waals surface area contributed by atoms with Crippen molar-refractivity contribution in [3.8, 4) is 0 Å². The smallest absolute Gasteiger partial charge is 0.321 e. The Bertz CT molecular complexity index is 782. The topological polar surface area (TPSA) is 196 Å². The van der Waals surface area contributed by atoms with E-state index >= 15 is 0 Å². The first-order valence-electron chi connectivity index (χ1n) is 10.6. The van der Waals surface area contributed by atoms with Crippen molar-refractivity contribution in [3.05, 3.63) is 35.9 Å². The van der Waals surface area contributed by atoms with Gasteiger partial charge in [0.15, 0.2) is 12.6 Å². The quantitative estimate of drug-likeness (QED) is 0.191. The van der Waals surface area contributed by atoms with E-state index in [4.69, 9.17) is 18.9 Å². The molecule has 0 amide bonds. The van der Waals surface area contributed by atoms with Crippen LogP contribution in [-0.4, -0.2) is 123 Å².